The number of esters is 1. The average molecular weight is 313 g/mol. The molecule has 1 aromatic carbocycles. The Bertz CT molecular complexity index is 525. The minimum atomic E-state index is -1.08. The molecule has 0 saturated carbocycles. The number of hydrogen-bond acceptors (Lipinski definition) is 4. The number of halogens is 1. The minimum Gasteiger partial charge on any atom is -0.481 e. The number of unbranched alkanes of at least 4 members (excludes halogenated alkanes) is 1. The summed E-state index contributed by atoms with van der Waals surface area (Å²) in [5.74, 6) is -1.18. The van der Waals surface area contributed by atoms with Gasteiger partial charge in [-0.2, -0.15) is 0 Å². The Hall–Kier alpha value is -2.01. The van der Waals surface area contributed by atoms with Gasteiger partial charge >= 0.3 is 11.9 Å². The van der Waals surface area contributed by atoms with Gasteiger partial charge in [0.15, 0.2) is 6.61 Å². The quantitative estimate of drug-likeness (QED) is 0.453. The normalized spacial score (nSPS) is 10.6. The number of carbonyl (C=O) groups excluding carboxylic acids is 1. The lowest BCUT2D eigenvalue weighted by Gasteiger charge is -2.09. The molecule has 0 fully saturated rings. The summed E-state index contributed by atoms with van der Waals surface area (Å²) in [6, 6.07) is 4.72. The van der Waals surface area contributed by atoms with Crippen LogP contribution in [-0.4, -0.2) is 30.3 Å². The number of hydrogen-bond donors (Lipinski definition) is 1. The van der Waals surface area contributed by atoms with Gasteiger partial charge in [-0.3, -0.25) is 0 Å². The van der Waals surface area contributed by atoms with Crippen molar-refractivity contribution in [3.05, 3.63) is 34.9 Å². The van der Waals surface area contributed by atoms with E-state index in [1.165, 1.54) is 6.08 Å². The first-order valence-electron chi connectivity index (χ1n) is 6.52. The Kier molecular flexibility index (Phi) is 7.32. The number of carboxylic acid groups (broad SMARTS) is 1. The summed E-state index contributed by atoms with van der Waals surface area (Å²) < 4.78 is 10.3. The first-order valence-corrected chi connectivity index (χ1v) is 6.89. The van der Waals surface area contributed by atoms with Crippen LogP contribution in [-0.2, 0) is 14.3 Å². The first-order chi connectivity index (χ1) is 10.0. The molecule has 0 aromatic heterocycles. The van der Waals surface area contributed by atoms with Gasteiger partial charge < -0.3 is 14.6 Å². The lowest BCUT2D eigenvalue weighted by molar-refractivity contribution is -0.146. The lowest BCUT2D eigenvalue weighted by Crippen LogP contribution is -2.15. The van der Waals surface area contributed by atoms with Crippen LogP contribution in [0.5, 0.6) is 5.75 Å². The van der Waals surface area contributed by atoms with Gasteiger partial charge in [0.05, 0.1) is 6.61 Å². The molecule has 6 heteroatoms. The highest BCUT2D eigenvalue weighted by Gasteiger charge is 2.07. The van der Waals surface area contributed by atoms with Crippen molar-refractivity contribution in [2.24, 2.45) is 0 Å². The van der Waals surface area contributed by atoms with E-state index in [1.807, 2.05) is 6.92 Å². The molecular weight excluding hydrogens is 296 g/mol. The summed E-state index contributed by atoms with van der Waals surface area (Å²) in [7, 11) is 0. The highest BCUT2D eigenvalue weighted by molar-refractivity contribution is 6.30. The highest BCUT2D eigenvalue weighted by Crippen LogP contribution is 2.24. The summed E-state index contributed by atoms with van der Waals surface area (Å²) in [5.41, 5.74) is 0.478. The molecule has 0 heterocycles. The molecule has 1 aromatic rings. The molecule has 0 atom stereocenters. The van der Waals surface area contributed by atoms with E-state index in [2.05, 4.69) is 0 Å². The van der Waals surface area contributed by atoms with E-state index in [1.54, 1.807) is 18.2 Å². The monoisotopic (exact) mass is 312 g/mol. The van der Waals surface area contributed by atoms with Crippen molar-refractivity contribution in [3.63, 3.8) is 0 Å². The fourth-order valence-corrected chi connectivity index (χ4v) is 1.63. The number of carboxylic acids is 1. The van der Waals surface area contributed by atoms with Crippen molar-refractivity contribution < 1.29 is 24.2 Å². The summed E-state index contributed by atoms with van der Waals surface area (Å²) in [4.78, 5) is 22.0. The maximum atomic E-state index is 11.5. The largest absolute Gasteiger partial charge is 0.481 e. The molecular formula is C15H17ClO5. The van der Waals surface area contributed by atoms with Crippen LogP contribution in [0, 0.1) is 0 Å². The Morgan fingerprint density at radius 1 is 1.38 bits per heavy atom. The molecule has 0 radical (unpaired) electrons. The molecule has 114 valence electrons. The zero-order chi connectivity index (χ0) is 15.7. The Balaban J connectivity index is 2.65. The minimum absolute atomic E-state index is 0.237. The SMILES string of the molecule is CCCCOC(=O)COc1ccc(Cl)cc1C=CC(=O)O. The highest BCUT2D eigenvalue weighted by atomic mass is 35.5. The third-order valence-electron chi connectivity index (χ3n) is 2.48. The van der Waals surface area contributed by atoms with E-state index in [9.17, 15) is 9.59 Å². The van der Waals surface area contributed by atoms with Crippen LogP contribution in [0.3, 0.4) is 0 Å². The molecule has 0 unspecified atom stereocenters. The molecule has 0 spiro atoms. The molecule has 1 rings (SSSR count). The number of aliphatic carboxylic acids is 1. The van der Waals surface area contributed by atoms with Crippen LogP contribution in [0.15, 0.2) is 24.3 Å². The molecule has 0 amide bonds. The van der Waals surface area contributed by atoms with Gasteiger partial charge in [0.2, 0.25) is 0 Å². The summed E-state index contributed by atoms with van der Waals surface area (Å²) in [6.07, 6.45) is 4.07. The van der Waals surface area contributed by atoms with E-state index in [4.69, 9.17) is 26.2 Å². The Morgan fingerprint density at radius 2 is 2.14 bits per heavy atom. The molecule has 1 N–H and O–H groups in total. The van der Waals surface area contributed by atoms with Gasteiger partial charge in [0, 0.05) is 16.7 Å². The molecule has 5 nitrogen and oxygen atoms in total. The van der Waals surface area contributed by atoms with Crippen molar-refractivity contribution in [1.82, 2.24) is 0 Å². The zero-order valence-corrected chi connectivity index (χ0v) is 12.4. The van der Waals surface area contributed by atoms with E-state index >= 15 is 0 Å². The number of ether oxygens (including phenoxy) is 2. The number of benzene rings is 1. The molecule has 0 saturated heterocycles. The Morgan fingerprint density at radius 3 is 2.81 bits per heavy atom. The van der Waals surface area contributed by atoms with Gasteiger partial charge in [-0.1, -0.05) is 24.9 Å². The van der Waals surface area contributed by atoms with Crippen LogP contribution in [0.1, 0.15) is 25.3 Å². The summed E-state index contributed by atoms with van der Waals surface area (Å²) >= 11 is 5.85. The van der Waals surface area contributed by atoms with Gasteiger partial charge in [0.25, 0.3) is 0 Å². The second kappa shape index (κ2) is 9.02. The zero-order valence-electron chi connectivity index (χ0n) is 11.7. The maximum absolute atomic E-state index is 11.5. The predicted octanol–water partition coefficient (Wildman–Crippen LogP) is 3.16. The average Bonchev–Trinajstić information content (AvgIpc) is 2.44. The predicted molar refractivity (Wildman–Crippen MR) is 79.5 cm³/mol. The van der Waals surface area contributed by atoms with Crippen LogP contribution < -0.4 is 4.74 Å². The van der Waals surface area contributed by atoms with Gasteiger partial charge in [-0.25, -0.2) is 9.59 Å². The molecule has 0 aliphatic rings. The van der Waals surface area contributed by atoms with E-state index in [0.717, 1.165) is 18.9 Å². The smallest absolute Gasteiger partial charge is 0.344 e. The van der Waals surface area contributed by atoms with E-state index in [0.29, 0.717) is 22.9 Å². The van der Waals surface area contributed by atoms with Crippen LogP contribution >= 0.6 is 11.6 Å². The molecule has 0 aliphatic carbocycles. The van der Waals surface area contributed by atoms with Crippen LogP contribution in [0.4, 0.5) is 0 Å². The fraction of sp³-hybridized carbons (Fsp3) is 0.333. The Labute approximate surface area is 128 Å². The van der Waals surface area contributed by atoms with Gasteiger partial charge in [-0.15, -0.1) is 0 Å². The van der Waals surface area contributed by atoms with Crippen molar-refractivity contribution in [2.75, 3.05) is 13.2 Å². The van der Waals surface area contributed by atoms with E-state index in [-0.39, 0.29) is 6.61 Å². The van der Waals surface area contributed by atoms with Crippen molar-refractivity contribution in [1.29, 1.82) is 0 Å². The van der Waals surface area contributed by atoms with Crippen LogP contribution in [0.2, 0.25) is 5.02 Å². The van der Waals surface area contributed by atoms with Crippen molar-refractivity contribution in [2.45, 2.75) is 19.8 Å². The molecule has 0 aliphatic heterocycles. The number of carbonyl (C=O) groups is 2. The van der Waals surface area contributed by atoms with Gasteiger partial charge in [-0.05, 0) is 30.7 Å². The second-order valence-corrected chi connectivity index (χ2v) is 4.65. The molecule has 21 heavy (non-hydrogen) atoms. The topological polar surface area (TPSA) is 72.8 Å². The maximum Gasteiger partial charge on any atom is 0.344 e. The van der Waals surface area contributed by atoms with Crippen molar-refractivity contribution >= 4 is 29.6 Å². The summed E-state index contributed by atoms with van der Waals surface area (Å²) in [5, 5.41) is 9.08. The lowest BCUT2D eigenvalue weighted by atomic mass is 10.2. The fourth-order valence-electron chi connectivity index (χ4n) is 1.45. The van der Waals surface area contributed by atoms with Crippen LogP contribution in [0.25, 0.3) is 6.08 Å². The van der Waals surface area contributed by atoms with Crippen molar-refractivity contribution in [3.8, 4) is 5.75 Å². The van der Waals surface area contributed by atoms with E-state index < -0.39 is 11.9 Å². The second-order valence-electron chi connectivity index (χ2n) is 4.22. The molecule has 0 bridgehead atoms. The first kappa shape index (κ1) is 17.0. The summed E-state index contributed by atoms with van der Waals surface area (Å²) in [6.45, 7) is 2.13. The standard InChI is InChI=1S/C15H17ClO5/c1-2-3-8-20-15(19)10-21-13-6-5-12(16)9-11(13)4-7-14(17)18/h4-7,9H,2-3,8,10H2,1H3,(H,17,18). The van der Waals surface area contributed by atoms with Gasteiger partial charge in [0.1, 0.15) is 5.75 Å². The third kappa shape index (κ3) is 6.81. The third-order valence-corrected chi connectivity index (χ3v) is 2.72. The number of rotatable bonds is 8.